The highest BCUT2D eigenvalue weighted by Crippen LogP contribution is 2.29. The predicted molar refractivity (Wildman–Crippen MR) is 136 cm³/mol. The van der Waals surface area contributed by atoms with Crippen LogP contribution in [0.3, 0.4) is 0 Å². The largest absolute Gasteiger partial charge is 0.495 e. The molecule has 0 radical (unpaired) electrons. The number of carbonyl (C=O) groups excluding carboxylic acids is 2. The standard InChI is InChI=1S/C25H32N6O6/c1-7-36-21(32)19-18-20(31(23(33)27-18)15-11-8-9-12-16(15)35-6)28-22(26-19)29(5)17-13-10-14-30(17)24(34)37-25(2,3)4/h8-9,11-12,17H,7,10,13-14H2,1-6H3,(H,27,33)/t17-/m0/s1. The lowest BCUT2D eigenvalue weighted by molar-refractivity contribution is 0.0225. The minimum Gasteiger partial charge on any atom is -0.495 e. The number of hydrogen-bond donors (Lipinski definition) is 1. The normalized spacial score (nSPS) is 15.6. The number of aromatic amines is 1. The molecule has 12 nitrogen and oxygen atoms in total. The summed E-state index contributed by atoms with van der Waals surface area (Å²) in [4.78, 5) is 54.0. The first kappa shape index (κ1) is 26.0. The second kappa shape index (κ2) is 10.1. The van der Waals surface area contributed by atoms with Crippen molar-refractivity contribution in [3.05, 3.63) is 40.4 Å². The molecule has 0 unspecified atom stereocenters. The molecule has 37 heavy (non-hydrogen) atoms. The number of carbonyl (C=O) groups is 2. The number of hydrogen-bond acceptors (Lipinski definition) is 9. The number of nitrogens with zero attached hydrogens (tertiary/aromatic N) is 5. The summed E-state index contributed by atoms with van der Waals surface area (Å²) >= 11 is 0. The number of H-pyrrole nitrogens is 1. The van der Waals surface area contributed by atoms with Crippen LogP contribution in [-0.2, 0) is 9.47 Å². The number of ether oxygens (including phenoxy) is 3. The SMILES string of the molecule is CCOC(=O)c1nc(N(C)[C@@H]2CCCN2C(=O)OC(C)(C)C)nc2c1[nH]c(=O)n2-c1ccccc1OC. The third kappa shape index (κ3) is 5.09. The van der Waals surface area contributed by atoms with Gasteiger partial charge in [-0.25, -0.2) is 23.9 Å². The van der Waals surface area contributed by atoms with E-state index in [1.807, 2.05) is 20.8 Å². The van der Waals surface area contributed by atoms with Gasteiger partial charge in [0.05, 0.1) is 19.4 Å². The average Bonchev–Trinajstić information content (AvgIpc) is 3.46. The van der Waals surface area contributed by atoms with Gasteiger partial charge >= 0.3 is 17.8 Å². The fourth-order valence-corrected chi connectivity index (χ4v) is 4.33. The van der Waals surface area contributed by atoms with Crippen molar-refractivity contribution in [3.8, 4) is 11.4 Å². The Bertz CT molecular complexity index is 1370. The number of likely N-dealkylation sites (tertiary alicyclic amines) is 1. The van der Waals surface area contributed by atoms with E-state index in [-0.39, 0.29) is 29.4 Å². The van der Waals surface area contributed by atoms with E-state index in [0.717, 1.165) is 6.42 Å². The first-order valence-corrected chi connectivity index (χ1v) is 12.1. The number of rotatable bonds is 6. The predicted octanol–water partition coefficient (Wildman–Crippen LogP) is 3.09. The molecular weight excluding hydrogens is 480 g/mol. The van der Waals surface area contributed by atoms with Gasteiger partial charge in [0.1, 0.15) is 23.0 Å². The molecule has 1 aromatic carbocycles. The molecule has 1 N–H and O–H groups in total. The second-order valence-corrected chi connectivity index (χ2v) is 9.64. The lowest BCUT2D eigenvalue weighted by Crippen LogP contribution is -2.48. The van der Waals surface area contributed by atoms with Gasteiger partial charge in [-0.15, -0.1) is 0 Å². The fourth-order valence-electron chi connectivity index (χ4n) is 4.33. The summed E-state index contributed by atoms with van der Waals surface area (Å²) in [6, 6.07) is 6.98. The maximum Gasteiger partial charge on any atom is 0.411 e. The smallest absolute Gasteiger partial charge is 0.411 e. The lowest BCUT2D eigenvalue weighted by atomic mass is 10.2. The Kier molecular flexibility index (Phi) is 7.10. The van der Waals surface area contributed by atoms with Gasteiger partial charge in [-0.1, -0.05) is 12.1 Å². The Balaban J connectivity index is 1.86. The zero-order chi connectivity index (χ0) is 26.9. The number of esters is 1. The number of nitrogens with one attached hydrogen (secondary N) is 1. The number of fused-ring (bicyclic) bond motifs is 1. The molecule has 3 aromatic rings. The minimum atomic E-state index is -0.701. The zero-order valence-corrected chi connectivity index (χ0v) is 21.9. The third-order valence-electron chi connectivity index (χ3n) is 5.93. The van der Waals surface area contributed by atoms with Gasteiger partial charge in [0, 0.05) is 13.6 Å². The van der Waals surface area contributed by atoms with E-state index < -0.39 is 29.5 Å². The van der Waals surface area contributed by atoms with Crippen molar-refractivity contribution >= 4 is 29.2 Å². The van der Waals surface area contributed by atoms with Crippen LogP contribution >= 0.6 is 0 Å². The molecule has 1 saturated heterocycles. The summed E-state index contributed by atoms with van der Waals surface area (Å²) in [7, 11) is 3.24. The van der Waals surface area contributed by atoms with Gasteiger partial charge in [0.25, 0.3) is 0 Å². The number of methoxy groups -OCH3 is 1. The Morgan fingerprint density at radius 2 is 1.95 bits per heavy atom. The Morgan fingerprint density at radius 1 is 1.22 bits per heavy atom. The quantitative estimate of drug-likeness (QED) is 0.495. The van der Waals surface area contributed by atoms with E-state index in [1.54, 1.807) is 48.0 Å². The topological polar surface area (TPSA) is 132 Å². The molecule has 1 amide bonds. The summed E-state index contributed by atoms with van der Waals surface area (Å²) in [6.45, 7) is 7.75. The highest BCUT2D eigenvalue weighted by atomic mass is 16.6. The van der Waals surface area contributed by atoms with Gasteiger partial charge in [-0.2, -0.15) is 4.98 Å². The molecule has 198 valence electrons. The number of anilines is 1. The highest BCUT2D eigenvalue weighted by molar-refractivity contribution is 6.00. The van der Waals surface area contributed by atoms with Gasteiger partial charge in [0.15, 0.2) is 11.3 Å². The van der Waals surface area contributed by atoms with Crippen molar-refractivity contribution in [2.24, 2.45) is 0 Å². The molecular formula is C25H32N6O6. The van der Waals surface area contributed by atoms with Crippen LogP contribution in [0.2, 0.25) is 0 Å². The van der Waals surface area contributed by atoms with Crippen LogP contribution in [0.25, 0.3) is 16.9 Å². The van der Waals surface area contributed by atoms with Crippen LogP contribution in [0.5, 0.6) is 5.75 Å². The lowest BCUT2D eigenvalue weighted by Gasteiger charge is -2.33. The molecule has 1 atom stereocenters. The van der Waals surface area contributed by atoms with Crippen LogP contribution < -0.4 is 15.3 Å². The minimum absolute atomic E-state index is 0.0822. The van der Waals surface area contributed by atoms with Crippen molar-refractivity contribution in [2.45, 2.75) is 52.3 Å². The summed E-state index contributed by atoms with van der Waals surface area (Å²) in [6.07, 6.45) is 0.559. The molecule has 1 aliphatic heterocycles. The van der Waals surface area contributed by atoms with Crippen molar-refractivity contribution in [1.29, 1.82) is 0 Å². The Morgan fingerprint density at radius 3 is 2.62 bits per heavy atom. The second-order valence-electron chi connectivity index (χ2n) is 9.64. The number of benzene rings is 1. The molecule has 2 aromatic heterocycles. The molecule has 0 bridgehead atoms. The highest BCUT2D eigenvalue weighted by Gasteiger charge is 2.36. The van der Waals surface area contributed by atoms with Gasteiger partial charge in [-0.3, -0.25) is 4.90 Å². The van der Waals surface area contributed by atoms with Crippen LogP contribution in [0.4, 0.5) is 10.7 Å². The summed E-state index contributed by atoms with van der Waals surface area (Å²) in [5.74, 6) is -0.101. The molecule has 0 saturated carbocycles. The van der Waals surface area contributed by atoms with Crippen molar-refractivity contribution < 1.29 is 23.8 Å². The van der Waals surface area contributed by atoms with E-state index in [9.17, 15) is 14.4 Å². The molecule has 3 heterocycles. The van der Waals surface area contributed by atoms with Crippen molar-refractivity contribution in [1.82, 2.24) is 24.4 Å². The van der Waals surface area contributed by atoms with Crippen molar-refractivity contribution in [2.75, 3.05) is 32.2 Å². The third-order valence-corrected chi connectivity index (χ3v) is 5.93. The maximum absolute atomic E-state index is 13.1. The molecule has 0 spiro atoms. The number of para-hydroxylation sites is 2. The van der Waals surface area contributed by atoms with E-state index >= 15 is 0 Å². The van der Waals surface area contributed by atoms with Crippen LogP contribution in [0.15, 0.2) is 29.1 Å². The number of imidazole rings is 1. The van der Waals surface area contributed by atoms with Crippen molar-refractivity contribution in [3.63, 3.8) is 0 Å². The molecule has 1 aliphatic rings. The van der Waals surface area contributed by atoms with E-state index in [4.69, 9.17) is 14.2 Å². The zero-order valence-electron chi connectivity index (χ0n) is 21.9. The molecule has 12 heteroatoms. The van der Waals surface area contributed by atoms with Gasteiger partial charge in [-0.05, 0) is 52.7 Å². The molecule has 0 aliphatic carbocycles. The maximum atomic E-state index is 13.1. The van der Waals surface area contributed by atoms with Crippen LogP contribution in [-0.4, -0.2) is 75.6 Å². The molecule has 1 fully saturated rings. The van der Waals surface area contributed by atoms with Crippen LogP contribution in [0, 0.1) is 0 Å². The summed E-state index contributed by atoms with van der Waals surface area (Å²) in [5, 5.41) is 0. The fraction of sp³-hybridized carbons (Fsp3) is 0.480. The van der Waals surface area contributed by atoms with E-state index in [0.29, 0.717) is 24.4 Å². The van der Waals surface area contributed by atoms with Gasteiger partial charge < -0.3 is 24.1 Å². The van der Waals surface area contributed by atoms with E-state index in [2.05, 4.69) is 15.0 Å². The molecule has 4 rings (SSSR count). The summed E-state index contributed by atoms with van der Waals surface area (Å²) < 4.78 is 17.6. The van der Waals surface area contributed by atoms with E-state index in [1.165, 1.54) is 11.7 Å². The number of aromatic nitrogens is 4. The average molecular weight is 513 g/mol. The number of amides is 1. The van der Waals surface area contributed by atoms with Crippen LogP contribution in [0.1, 0.15) is 51.0 Å². The van der Waals surface area contributed by atoms with Gasteiger partial charge in [0.2, 0.25) is 5.95 Å². The Labute approximate surface area is 214 Å². The summed E-state index contributed by atoms with van der Waals surface area (Å²) in [5.41, 5.74) is -0.486. The monoisotopic (exact) mass is 512 g/mol. The first-order chi connectivity index (χ1) is 17.6. The first-order valence-electron chi connectivity index (χ1n) is 12.1. The Hall–Kier alpha value is -4.09.